The summed E-state index contributed by atoms with van der Waals surface area (Å²) in [4.78, 5) is 32.0. The molecule has 5 heterocycles. The van der Waals surface area contributed by atoms with Crippen LogP contribution in [0.5, 0.6) is 11.8 Å². The quantitative estimate of drug-likeness (QED) is 0.180. The minimum Gasteiger partial charge on any atom is -0.468 e. The van der Waals surface area contributed by atoms with Crippen LogP contribution in [0.3, 0.4) is 0 Å². The van der Waals surface area contributed by atoms with E-state index in [9.17, 15) is 9.90 Å². The Labute approximate surface area is 308 Å². The lowest BCUT2D eigenvalue weighted by Crippen LogP contribution is -2.48. The van der Waals surface area contributed by atoms with E-state index in [0.29, 0.717) is 71.3 Å². The lowest BCUT2D eigenvalue weighted by atomic mass is 9.94. The molecule has 14 heteroatoms. The van der Waals surface area contributed by atoms with Crippen molar-refractivity contribution in [1.29, 1.82) is 0 Å². The first-order valence-corrected chi connectivity index (χ1v) is 18.4. The number of fused-ring (bicyclic) bond motifs is 3. The molecular weight excluding hydrogens is 686 g/mol. The number of carbonyl (C=O) groups is 1. The maximum atomic E-state index is 17.2. The van der Waals surface area contributed by atoms with E-state index in [1.165, 1.54) is 18.1 Å². The van der Waals surface area contributed by atoms with Crippen molar-refractivity contribution in [3.8, 4) is 23.0 Å². The van der Waals surface area contributed by atoms with Gasteiger partial charge in [0, 0.05) is 52.1 Å². The first kappa shape index (κ1) is 36.9. The number of aryl methyl sites for hydroxylation is 1. The smallest absolute Gasteiger partial charge is 0.409 e. The van der Waals surface area contributed by atoms with E-state index in [-0.39, 0.29) is 54.8 Å². The summed E-state index contributed by atoms with van der Waals surface area (Å²) < 4.78 is 55.3. The van der Waals surface area contributed by atoms with E-state index >= 15 is 8.78 Å². The summed E-state index contributed by atoms with van der Waals surface area (Å²) in [5.74, 6) is -0.263. The Morgan fingerprint density at radius 2 is 1.91 bits per heavy atom. The number of amides is 1. The molecule has 0 bridgehead atoms. The minimum atomic E-state index is -0.969. The number of β-amino-alcohol motifs (C(OH)–C–C–N with tert-alkyl or cyclic N) is 1. The molecule has 3 fully saturated rings. The number of piperidine rings is 1. The summed E-state index contributed by atoms with van der Waals surface area (Å²) >= 11 is 0. The Balaban J connectivity index is 1.30. The molecule has 12 nitrogen and oxygen atoms in total. The van der Waals surface area contributed by atoms with Crippen molar-refractivity contribution in [1.82, 2.24) is 24.8 Å². The zero-order valence-corrected chi connectivity index (χ0v) is 31.1. The van der Waals surface area contributed by atoms with Crippen molar-refractivity contribution >= 4 is 33.6 Å². The number of carbonyl (C=O) groups excluding carboxylic acids is 1. The average Bonchev–Trinajstić information content (AvgIpc) is 3.71. The van der Waals surface area contributed by atoms with E-state index in [1.807, 2.05) is 11.8 Å². The van der Waals surface area contributed by atoms with Crippen molar-refractivity contribution in [2.45, 2.75) is 76.0 Å². The molecule has 0 spiro atoms. The number of aliphatic hydroxyl groups is 1. The number of nitrogens with zero attached hydrogens (tertiary/aromatic N) is 6. The van der Waals surface area contributed by atoms with E-state index in [0.717, 1.165) is 32.2 Å². The van der Waals surface area contributed by atoms with Gasteiger partial charge in [-0.15, -0.1) is 0 Å². The summed E-state index contributed by atoms with van der Waals surface area (Å²) in [6.07, 6.45) is 6.45. The van der Waals surface area contributed by atoms with Gasteiger partial charge in [-0.05, 0) is 92.9 Å². The number of anilines is 1. The van der Waals surface area contributed by atoms with Gasteiger partial charge in [0.15, 0.2) is 12.6 Å². The number of hydrogen-bond acceptors (Lipinski definition) is 11. The van der Waals surface area contributed by atoms with Gasteiger partial charge < -0.3 is 33.9 Å². The van der Waals surface area contributed by atoms with Gasteiger partial charge in [-0.2, -0.15) is 9.97 Å². The molecule has 53 heavy (non-hydrogen) atoms. The molecule has 3 atom stereocenters. The predicted molar refractivity (Wildman–Crippen MR) is 196 cm³/mol. The van der Waals surface area contributed by atoms with Crippen LogP contribution in [0.1, 0.15) is 57.9 Å². The molecule has 0 radical (unpaired) electrons. The lowest BCUT2D eigenvalue weighted by Gasteiger charge is -2.38. The molecule has 0 saturated carbocycles. The maximum Gasteiger partial charge on any atom is 0.409 e. The first-order chi connectivity index (χ1) is 25.4. The molecule has 3 saturated heterocycles. The summed E-state index contributed by atoms with van der Waals surface area (Å²) in [5.41, 5.74) is -0.479. The lowest BCUT2D eigenvalue weighted by molar-refractivity contribution is 0.0442. The predicted octanol–water partition coefficient (Wildman–Crippen LogP) is 6.09. The highest BCUT2D eigenvalue weighted by atomic mass is 19.1. The molecular formula is C39H48F2N6O6. The van der Waals surface area contributed by atoms with Gasteiger partial charge in [0.05, 0.1) is 16.5 Å². The molecule has 0 unspecified atom stereocenters. The van der Waals surface area contributed by atoms with E-state index in [4.69, 9.17) is 23.9 Å². The van der Waals surface area contributed by atoms with Crippen LogP contribution in [-0.4, -0.2) is 114 Å². The number of rotatable bonds is 11. The first-order valence-electron chi connectivity index (χ1n) is 18.4. The monoisotopic (exact) mass is 734 g/mol. The number of benzene rings is 2. The molecule has 1 N–H and O–H groups in total. The van der Waals surface area contributed by atoms with Crippen LogP contribution in [0.4, 0.5) is 19.4 Å². The standard InChI is InChI=1S/C39H48F2N6O6/c1-6-27-30(40)10-9-24-17-26(53-23-50-5)18-28(31(24)27)33-32(41)34-29(19-42-33)35(46-15-7-12-38(2,49)21-46)44-36(43-34)52-22-39-13-8-16-47(39)25(11-14-39)20-51-37(48)45(3)4/h9-10,17-19,25,49H,6-8,11-16,20-23H2,1-5H3/t25-,38-,39-/m1/s1. The summed E-state index contributed by atoms with van der Waals surface area (Å²) in [6.45, 7) is 5.91. The van der Waals surface area contributed by atoms with Crippen molar-refractivity contribution in [2.75, 3.05) is 65.7 Å². The molecule has 3 aliphatic heterocycles. The minimum absolute atomic E-state index is 0.00621. The highest BCUT2D eigenvalue weighted by molar-refractivity contribution is 6.01. The highest BCUT2D eigenvalue weighted by Gasteiger charge is 2.50. The van der Waals surface area contributed by atoms with Gasteiger partial charge in [0.1, 0.15) is 41.8 Å². The summed E-state index contributed by atoms with van der Waals surface area (Å²) in [6, 6.07) is 6.55. The van der Waals surface area contributed by atoms with Gasteiger partial charge >= 0.3 is 12.1 Å². The van der Waals surface area contributed by atoms with Crippen LogP contribution < -0.4 is 14.4 Å². The van der Waals surface area contributed by atoms with Crippen molar-refractivity contribution < 1.29 is 37.6 Å². The fraction of sp³-hybridized carbons (Fsp3) is 0.538. The maximum absolute atomic E-state index is 17.2. The zero-order chi connectivity index (χ0) is 37.5. The number of halogens is 2. The summed E-state index contributed by atoms with van der Waals surface area (Å²) in [7, 11) is 4.83. The largest absolute Gasteiger partial charge is 0.468 e. The van der Waals surface area contributed by atoms with Gasteiger partial charge in [-0.25, -0.2) is 13.6 Å². The highest BCUT2D eigenvalue weighted by Crippen LogP contribution is 2.44. The second kappa shape index (κ2) is 14.8. The Hall–Kier alpha value is -4.40. The third-order valence-corrected chi connectivity index (χ3v) is 11.0. The SMILES string of the molecule is CCc1c(F)ccc2cc(OCOC)cc(-c3ncc4c(N5CCC[C@@](C)(O)C5)nc(OC[C@]56CCCN5[C@@H](COC(=O)N(C)C)CC6)nc4c3F)c12. The molecule has 0 aliphatic carbocycles. The fourth-order valence-corrected chi connectivity index (χ4v) is 8.43. The van der Waals surface area contributed by atoms with Crippen LogP contribution in [0.2, 0.25) is 0 Å². The van der Waals surface area contributed by atoms with E-state index in [1.54, 1.807) is 45.4 Å². The van der Waals surface area contributed by atoms with E-state index in [2.05, 4.69) is 14.9 Å². The Morgan fingerprint density at radius 1 is 1.09 bits per heavy atom. The molecule has 2 aromatic carbocycles. The molecule has 1 amide bonds. The second-order valence-electron chi connectivity index (χ2n) is 15.0. The van der Waals surface area contributed by atoms with Gasteiger partial charge in [0.25, 0.3) is 0 Å². The molecule has 284 valence electrons. The number of methoxy groups -OCH3 is 1. The normalized spacial score (nSPS) is 23.1. The topological polar surface area (TPSA) is 123 Å². The molecule has 2 aromatic heterocycles. The zero-order valence-electron chi connectivity index (χ0n) is 31.1. The van der Waals surface area contributed by atoms with Gasteiger partial charge in [0.2, 0.25) is 0 Å². The number of pyridine rings is 1. The Kier molecular flexibility index (Phi) is 10.3. The molecule has 4 aromatic rings. The fourth-order valence-electron chi connectivity index (χ4n) is 8.43. The van der Waals surface area contributed by atoms with Gasteiger partial charge in [-0.1, -0.05) is 13.0 Å². The van der Waals surface area contributed by atoms with Crippen LogP contribution in [-0.2, 0) is 15.9 Å². The molecule has 3 aliphatic rings. The Bertz CT molecular complexity index is 2010. The average molecular weight is 735 g/mol. The van der Waals surface area contributed by atoms with Crippen molar-refractivity contribution in [2.24, 2.45) is 0 Å². The van der Waals surface area contributed by atoms with E-state index < -0.39 is 17.2 Å². The molecule has 7 rings (SSSR count). The number of aromatic nitrogens is 3. The van der Waals surface area contributed by atoms with Gasteiger partial charge in [-0.3, -0.25) is 9.88 Å². The van der Waals surface area contributed by atoms with Crippen LogP contribution in [0, 0.1) is 11.6 Å². The second-order valence-corrected chi connectivity index (χ2v) is 15.0. The van der Waals surface area contributed by atoms with Crippen LogP contribution >= 0.6 is 0 Å². The van der Waals surface area contributed by atoms with Crippen molar-refractivity contribution in [3.05, 3.63) is 47.7 Å². The van der Waals surface area contributed by atoms with Crippen LogP contribution in [0.25, 0.3) is 32.9 Å². The third-order valence-electron chi connectivity index (χ3n) is 11.0. The van der Waals surface area contributed by atoms with Crippen molar-refractivity contribution in [3.63, 3.8) is 0 Å². The number of ether oxygens (including phenoxy) is 4. The Morgan fingerprint density at radius 3 is 2.66 bits per heavy atom. The van der Waals surface area contributed by atoms with Crippen LogP contribution in [0.15, 0.2) is 30.5 Å². The third kappa shape index (κ3) is 7.16. The summed E-state index contributed by atoms with van der Waals surface area (Å²) in [5, 5.41) is 12.6. The number of hydrogen-bond donors (Lipinski definition) is 1.